The summed E-state index contributed by atoms with van der Waals surface area (Å²) in [6.07, 6.45) is 0. The van der Waals surface area contributed by atoms with Crippen molar-refractivity contribution >= 4 is 52.5 Å². The van der Waals surface area contributed by atoms with E-state index in [4.69, 9.17) is 10.5 Å². The van der Waals surface area contributed by atoms with E-state index in [1.807, 2.05) is 0 Å². The maximum absolute atomic E-state index is 14.9. The molecule has 0 saturated carbocycles. The molecule has 4 aromatic carbocycles. The van der Waals surface area contributed by atoms with Gasteiger partial charge in [0.25, 0.3) is 11.8 Å². The van der Waals surface area contributed by atoms with Gasteiger partial charge in [-0.25, -0.2) is 9.59 Å². The number of carbonyl (C=O) groups is 5. The number of carbonyl (C=O) groups excluding carboxylic acids is 5. The Morgan fingerprint density at radius 3 is 2.06 bits per heavy atom. The lowest BCUT2D eigenvalue weighted by atomic mass is 9.76. The third-order valence-corrected chi connectivity index (χ3v) is 8.00. The summed E-state index contributed by atoms with van der Waals surface area (Å²) in [6.45, 7) is 5.38. The zero-order chi connectivity index (χ0) is 33.7. The average Bonchev–Trinajstić information content (AvgIpc) is 3.15. The number of hydrogen-bond acceptors (Lipinski definition) is 6. The van der Waals surface area contributed by atoms with E-state index in [9.17, 15) is 24.0 Å². The molecule has 11 nitrogen and oxygen atoms in total. The van der Waals surface area contributed by atoms with E-state index in [2.05, 4.69) is 10.6 Å². The molecule has 0 aromatic heterocycles. The van der Waals surface area contributed by atoms with Gasteiger partial charge in [0.2, 0.25) is 5.91 Å². The van der Waals surface area contributed by atoms with Gasteiger partial charge in [0.1, 0.15) is 0 Å². The quantitative estimate of drug-likeness (QED) is 0.172. The van der Waals surface area contributed by atoms with Crippen molar-refractivity contribution < 1.29 is 28.7 Å². The molecule has 1 aliphatic heterocycles. The van der Waals surface area contributed by atoms with Gasteiger partial charge in [-0.05, 0) is 60.9 Å². The van der Waals surface area contributed by atoms with Crippen molar-refractivity contribution in [3.63, 3.8) is 0 Å². The fourth-order valence-corrected chi connectivity index (χ4v) is 5.96. The SMILES string of the molecule is CCOC(=O)c1cccc(NC(=O)NC2C(=O)N(c3ccccc3)c3ccccc3N(C(C(N)=O)(c3ccccc3)C(C)C)C2=O)c1. The summed E-state index contributed by atoms with van der Waals surface area (Å²) in [5.74, 6) is -3.61. The lowest BCUT2D eigenvalue weighted by molar-refractivity contribution is -0.134. The largest absolute Gasteiger partial charge is 0.462 e. The first-order valence-electron chi connectivity index (χ1n) is 15.1. The molecule has 0 radical (unpaired) electrons. The summed E-state index contributed by atoms with van der Waals surface area (Å²) >= 11 is 0. The van der Waals surface area contributed by atoms with E-state index in [1.54, 1.807) is 118 Å². The van der Waals surface area contributed by atoms with Crippen LogP contribution in [-0.2, 0) is 24.7 Å². The number of rotatable bonds is 9. The molecule has 240 valence electrons. The van der Waals surface area contributed by atoms with E-state index in [0.29, 0.717) is 16.9 Å². The second-order valence-corrected chi connectivity index (χ2v) is 11.2. The van der Waals surface area contributed by atoms with Gasteiger partial charge < -0.3 is 21.1 Å². The Labute approximate surface area is 272 Å². The number of anilines is 4. The van der Waals surface area contributed by atoms with E-state index in [1.165, 1.54) is 21.9 Å². The number of ether oxygens (including phenoxy) is 1. The van der Waals surface area contributed by atoms with Crippen LogP contribution in [0.3, 0.4) is 0 Å². The first-order chi connectivity index (χ1) is 22.6. The summed E-state index contributed by atoms with van der Waals surface area (Å²) in [7, 11) is 0. The van der Waals surface area contributed by atoms with Gasteiger partial charge in [-0.15, -0.1) is 0 Å². The van der Waals surface area contributed by atoms with Crippen molar-refractivity contribution in [2.75, 3.05) is 21.7 Å². The van der Waals surface area contributed by atoms with E-state index in [-0.39, 0.29) is 23.5 Å². The summed E-state index contributed by atoms with van der Waals surface area (Å²) in [4.78, 5) is 71.6. The predicted molar refractivity (Wildman–Crippen MR) is 178 cm³/mol. The number of amides is 5. The van der Waals surface area contributed by atoms with Crippen molar-refractivity contribution in [2.24, 2.45) is 11.7 Å². The number of para-hydroxylation sites is 3. The lowest BCUT2D eigenvalue weighted by Gasteiger charge is -2.45. The highest BCUT2D eigenvalue weighted by Gasteiger charge is 2.55. The Balaban J connectivity index is 1.66. The minimum absolute atomic E-state index is 0.172. The van der Waals surface area contributed by atoms with Crippen LogP contribution >= 0.6 is 0 Å². The summed E-state index contributed by atoms with van der Waals surface area (Å²) in [5, 5.41) is 5.15. The predicted octanol–water partition coefficient (Wildman–Crippen LogP) is 5.10. The number of fused-ring (bicyclic) bond motifs is 1. The van der Waals surface area contributed by atoms with Gasteiger partial charge in [-0.1, -0.05) is 80.6 Å². The molecule has 5 rings (SSSR count). The van der Waals surface area contributed by atoms with Crippen molar-refractivity contribution in [1.82, 2.24) is 5.32 Å². The molecule has 2 atom stereocenters. The summed E-state index contributed by atoms with van der Waals surface area (Å²) in [6, 6.07) is 27.4. The van der Waals surface area contributed by atoms with Crippen LogP contribution in [0, 0.1) is 5.92 Å². The zero-order valence-corrected chi connectivity index (χ0v) is 26.2. The molecular weight excluding hydrogens is 598 g/mol. The first kappa shape index (κ1) is 32.4. The van der Waals surface area contributed by atoms with Crippen LogP contribution < -0.4 is 26.2 Å². The number of benzene rings is 4. The average molecular weight is 634 g/mol. The maximum Gasteiger partial charge on any atom is 0.338 e. The van der Waals surface area contributed by atoms with Crippen LogP contribution in [-0.4, -0.2) is 42.4 Å². The number of nitrogens with zero attached hydrogens (tertiary/aromatic N) is 2. The van der Waals surface area contributed by atoms with Gasteiger partial charge >= 0.3 is 12.0 Å². The molecule has 5 amide bonds. The maximum atomic E-state index is 14.9. The Kier molecular flexibility index (Phi) is 9.36. The second kappa shape index (κ2) is 13.6. The zero-order valence-electron chi connectivity index (χ0n) is 26.2. The molecule has 0 fully saturated rings. The molecule has 0 bridgehead atoms. The third kappa shape index (κ3) is 6.02. The van der Waals surface area contributed by atoms with Crippen LogP contribution in [0.2, 0.25) is 0 Å². The summed E-state index contributed by atoms with van der Waals surface area (Å²) < 4.78 is 5.05. The lowest BCUT2D eigenvalue weighted by Crippen LogP contribution is -2.65. The monoisotopic (exact) mass is 633 g/mol. The highest BCUT2D eigenvalue weighted by atomic mass is 16.5. The Morgan fingerprint density at radius 2 is 1.45 bits per heavy atom. The van der Waals surface area contributed by atoms with Crippen molar-refractivity contribution in [3.8, 4) is 0 Å². The Bertz CT molecular complexity index is 1810. The van der Waals surface area contributed by atoms with Crippen LogP contribution in [0.5, 0.6) is 0 Å². The van der Waals surface area contributed by atoms with Gasteiger partial charge in [0.15, 0.2) is 11.6 Å². The molecule has 0 aliphatic carbocycles. The van der Waals surface area contributed by atoms with Crippen LogP contribution in [0.15, 0.2) is 109 Å². The molecule has 4 N–H and O–H groups in total. The van der Waals surface area contributed by atoms with Crippen LogP contribution in [0.25, 0.3) is 0 Å². The van der Waals surface area contributed by atoms with Gasteiger partial charge in [-0.3, -0.25) is 24.2 Å². The number of hydrogen-bond donors (Lipinski definition) is 3. The van der Waals surface area contributed by atoms with Gasteiger partial charge in [-0.2, -0.15) is 0 Å². The number of esters is 1. The number of nitrogens with two attached hydrogens (primary N) is 1. The molecule has 1 heterocycles. The fraction of sp³-hybridized carbons (Fsp3) is 0.194. The number of primary amides is 1. The highest BCUT2D eigenvalue weighted by Crippen LogP contribution is 2.46. The molecule has 11 heteroatoms. The van der Waals surface area contributed by atoms with E-state index >= 15 is 0 Å². The molecular formula is C36H35N5O6. The van der Waals surface area contributed by atoms with Crippen molar-refractivity contribution in [2.45, 2.75) is 32.4 Å². The van der Waals surface area contributed by atoms with Crippen LogP contribution in [0.1, 0.15) is 36.7 Å². The normalized spacial score (nSPS) is 15.7. The van der Waals surface area contributed by atoms with Gasteiger partial charge in [0.05, 0.1) is 23.5 Å². The van der Waals surface area contributed by atoms with Gasteiger partial charge in [0, 0.05) is 11.4 Å². The van der Waals surface area contributed by atoms with E-state index in [0.717, 1.165) is 0 Å². The highest BCUT2D eigenvalue weighted by molar-refractivity contribution is 6.25. The molecule has 4 aromatic rings. The molecule has 47 heavy (non-hydrogen) atoms. The van der Waals surface area contributed by atoms with Crippen molar-refractivity contribution in [1.29, 1.82) is 0 Å². The fourth-order valence-electron chi connectivity index (χ4n) is 5.96. The van der Waals surface area contributed by atoms with Crippen molar-refractivity contribution in [3.05, 3.63) is 120 Å². The first-order valence-corrected chi connectivity index (χ1v) is 15.1. The third-order valence-electron chi connectivity index (χ3n) is 8.00. The molecule has 0 spiro atoms. The van der Waals surface area contributed by atoms with E-state index < -0.39 is 47.2 Å². The Hall–Kier alpha value is -5.97. The standard InChI is InChI=1S/C36H35N5O6/c1-4-47-33(44)24-14-13-17-26(22-24)38-35(46)39-30-31(42)40(27-18-9-6-10-19-27)28-20-11-12-21-29(28)41(32(30)43)36(23(2)3,34(37)45)25-15-7-5-8-16-25/h5-23,30H,4H2,1-3H3,(H2,37,45)(H2,38,39,46). The summed E-state index contributed by atoms with van der Waals surface area (Å²) in [5.41, 5.74) is 6.31. The Morgan fingerprint density at radius 1 is 0.830 bits per heavy atom. The second-order valence-electron chi connectivity index (χ2n) is 11.2. The molecule has 1 aliphatic rings. The smallest absolute Gasteiger partial charge is 0.338 e. The minimum atomic E-state index is -1.81. The molecule has 2 unspecified atom stereocenters. The number of nitrogens with one attached hydrogen (secondary N) is 2. The van der Waals surface area contributed by atoms with Crippen LogP contribution in [0.4, 0.5) is 27.5 Å². The molecule has 0 saturated heterocycles. The number of urea groups is 1. The topological polar surface area (TPSA) is 151 Å². The minimum Gasteiger partial charge on any atom is -0.462 e.